The minimum Gasteiger partial charge on any atom is -0.481 e. The van der Waals surface area contributed by atoms with Crippen molar-refractivity contribution in [3.8, 4) is 0 Å². The van der Waals surface area contributed by atoms with Crippen LogP contribution in [0.4, 0.5) is 0 Å². The average molecular weight is 229 g/mol. The second-order valence-corrected chi connectivity index (χ2v) is 5.94. The zero-order valence-electron chi connectivity index (χ0n) is 9.19. The summed E-state index contributed by atoms with van der Waals surface area (Å²) in [6, 6.07) is 0.651. The van der Waals surface area contributed by atoms with Crippen LogP contribution in [0.25, 0.3) is 0 Å². The Labute approximate surface area is 95.2 Å². The number of carboxylic acids is 1. The number of hydrogen-bond donors (Lipinski definition) is 1. The van der Waals surface area contributed by atoms with Crippen LogP contribution in [0.2, 0.25) is 0 Å². The molecule has 15 heavy (non-hydrogen) atoms. The maximum absolute atomic E-state index is 11.0. The lowest BCUT2D eigenvalue weighted by Gasteiger charge is -2.30. The predicted octanol–water partition coefficient (Wildman–Crippen LogP) is 1.53. The molecule has 0 amide bonds. The number of carbonyl (C=O) groups is 1. The smallest absolute Gasteiger partial charge is 0.308 e. The molecule has 2 aliphatic rings. The number of thioether (sulfide) groups is 1. The Kier molecular flexibility index (Phi) is 3.57. The molecule has 0 saturated carbocycles. The lowest BCUT2D eigenvalue weighted by molar-refractivity contribution is -0.142. The third-order valence-corrected chi connectivity index (χ3v) is 4.71. The molecule has 0 aromatic carbocycles. The van der Waals surface area contributed by atoms with E-state index in [-0.39, 0.29) is 5.92 Å². The van der Waals surface area contributed by atoms with Crippen molar-refractivity contribution < 1.29 is 9.90 Å². The minimum atomic E-state index is -0.616. The fourth-order valence-corrected chi connectivity index (χ4v) is 3.76. The van der Waals surface area contributed by atoms with Crippen LogP contribution in [-0.2, 0) is 4.79 Å². The Bertz CT molecular complexity index is 241. The molecule has 2 saturated heterocycles. The monoisotopic (exact) mass is 229 g/mol. The Balaban J connectivity index is 1.92. The number of hydrogen-bond acceptors (Lipinski definition) is 3. The summed E-state index contributed by atoms with van der Waals surface area (Å²) in [5.74, 6) is 2.05. The van der Waals surface area contributed by atoms with E-state index in [0.29, 0.717) is 12.0 Å². The van der Waals surface area contributed by atoms with Crippen LogP contribution in [0.3, 0.4) is 0 Å². The van der Waals surface area contributed by atoms with Gasteiger partial charge in [-0.1, -0.05) is 6.92 Å². The topological polar surface area (TPSA) is 40.5 Å². The molecule has 2 fully saturated rings. The van der Waals surface area contributed by atoms with Gasteiger partial charge in [-0.2, -0.15) is 11.8 Å². The van der Waals surface area contributed by atoms with Gasteiger partial charge in [-0.3, -0.25) is 9.69 Å². The van der Waals surface area contributed by atoms with Crippen molar-refractivity contribution in [3.05, 3.63) is 0 Å². The summed E-state index contributed by atoms with van der Waals surface area (Å²) < 4.78 is 0. The zero-order chi connectivity index (χ0) is 10.8. The summed E-state index contributed by atoms with van der Waals surface area (Å²) in [6.45, 7) is 3.81. The molecular formula is C11H19NO2S. The Morgan fingerprint density at radius 3 is 2.53 bits per heavy atom. The number of carboxylic acid groups (broad SMARTS) is 1. The molecule has 0 aromatic heterocycles. The van der Waals surface area contributed by atoms with Crippen LogP contribution in [0.15, 0.2) is 0 Å². The second-order valence-electron chi connectivity index (χ2n) is 4.72. The lowest BCUT2D eigenvalue weighted by Crippen LogP contribution is -2.36. The van der Waals surface area contributed by atoms with Crippen molar-refractivity contribution in [1.29, 1.82) is 0 Å². The van der Waals surface area contributed by atoms with Crippen molar-refractivity contribution in [3.63, 3.8) is 0 Å². The normalized spacial score (nSPS) is 34.5. The summed E-state index contributed by atoms with van der Waals surface area (Å²) in [7, 11) is 0. The van der Waals surface area contributed by atoms with Crippen molar-refractivity contribution in [1.82, 2.24) is 4.90 Å². The average Bonchev–Trinajstić information content (AvgIpc) is 2.62. The minimum absolute atomic E-state index is 0.139. The second kappa shape index (κ2) is 4.74. The molecule has 0 bridgehead atoms. The van der Waals surface area contributed by atoms with Crippen LogP contribution in [0.5, 0.6) is 0 Å². The number of rotatable bonds is 2. The first-order valence-electron chi connectivity index (χ1n) is 5.73. The van der Waals surface area contributed by atoms with Gasteiger partial charge in [0.05, 0.1) is 5.92 Å². The molecule has 2 atom stereocenters. The van der Waals surface area contributed by atoms with E-state index in [9.17, 15) is 4.79 Å². The molecule has 2 unspecified atom stereocenters. The fraction of sp³-hybridized carbons (Fsp3) is 0.909. The van der Waals surface area contributed by atoms with E-state index in [1.54, 1.807) is 0 Å². The summed E-state index contributed by atoms with van der Waals surface area (Å²) in [5, 5.41) is 9.07. The fourth-order valence-electron chi connectivity index (χ4n) is 2.67. The highest BCUT2D eigenvalue weighted by Gasteiger charge is 2.37. The Hall–Kier alpha value is -0.220. The van der Waals surface area contributed by atoms with Gasteiger partial charge in [0.15, 0.2) is 0 Å². The molecule has 3 nitrogen and oxygen atoms in total. The van der Waals surface area contributed by atoms with Gasteiger partial charge in [-0.25, -0.2) is 0 Å². The van der Waals surface area contributed by atoms with Crippen molar-refractivity contribution in [2.75, 3.05) is 24.6 Å². The molecule has 2 aliphatic heterocycles. The summed E-state index contributed by atoms with van der Waals surface area (Å²) in [6.07, 6.45) is 2.48. The van der Waals surface area contributed by atoms with Gasteiger partial charge in [0, 0.05) is 19.1 Å². The largest absolute Gasteiger partial charge is 0.481 e. The van der Waals surface area contributed by atoms with E-state index in [1.165, 1.54) is 24.3 Å². The van der Waals surface area contributed by atoms with Gasteiger partial charge >= 0.3 is 5.97 Å². The van der Waals surface area contributed by atoms with E-state index in [1.807, 2.05) is 11.8 Å². The number of likely N-dealkylation sites (tertiary alicyclic amines) is 1. The van der Waals surface area contributed by atoms with Gasteiger partial charge < -0.3 is 5.11 Å². The van der Waals surface area contributed by atoms with Gasteiger partial charge in [0.25, 0.3) is 0 Å². The molecule has 0 aliphatic carbocycles. The van der Waals surface area contributed by atoms with E-state index < -0.39 is 5.97 Å². The number of nitrogens with zero attached hydrogens (tertiary/aromatic N) is 1. The van der Waals surface area contributed by atoms with E-state index >= 15 is 0 Å². The third kappa shape index (κ3) is 2.48. The molecule has 2 rings (SSSR count). The van der Waals surface area contributed by atoms with Gasteiger partial charge in [0.2, 0.25) is 0 Å². The van der Waals surface area contributed by atoms with Crippen LogP contribution in [0, 0.1) is 11.8 Å². The Morgan fingerprint density at radius 2 is 2.00 bits per heavy atom. The predicted molar refractivity (Wildman–Crippen MR) is 62.2 cm³/mol. The summed E-state index contributed by atoms with van der Waals surface area (Å²) in [5.41, 5.74) is 0. The van der Waals surface area contributed by atoms with Crippen molar-refractivity contribution in [2.24, 2.45) is 11.8 Å². The third-order valence-electron chi connectivity index (χ3n) is 3.67. The molecule has 1 N–H and O–H groups in total. The molecule has 0 spiro atoms. The molecule has 0 aromatic rings. The summed E-state index contributed by atoms with van der Waals surface area (Å²) >= 11 is 2.02. The highest BCUT2D eigenvalue weighted by molar-refractivity contribution is 7.99. The quantitative estimate of drug-likeness (QED) is 0.779. The first-order valence-corrected chi connectivity index (χ1v) is 6.88. The van der Waals surface area contributed by atoms with E-state index in [0.717, 1.165) is 13.1 Å². The van der Waals surface area contributed by atoms with Gasteiger partial charge in [-0.05, 0) is 30.3 Å². The first-order chi connectivity index (χ1) is 7.18. The molecule has 0 radical (unpaired) electrons. The van der Waals surface area contributed by atoms with Crippen LogP contribution in [0.1, 0.15) is 19.8 Å². The summed E-state index contributed by atoms with van der Waals surface area (Å²) in [4.78, 5) is 13.4. The highest BCUT2D eigenvalue weighted by atomic mass is 32.2. The van der Waals surface area contributed by atoms with Crippen molar-refractivity contribution >= 4 is 17.7 Å². The maximum atomic E-state index is 11.0. The van der Waals surface area contributed by atoms with Crippen LogP contribution in [-0.4, -0.2) is 46.6 Å². The highest BCUT2D eigenvalue weighted by Crippen LogP contribution is 2.30. The Morgan fingerprint density at radius 1 is 1.33 bits per heavy atom. The first kappa shape index (κ1) is 11.3. The van der Waals surface area contributed by atoms with Crippen molar-refractivity contribution in [2.45, 2.75) is 25.8 Å². The zero-order valence-corrected chi connectivity index (χ0v) is 10.0. The van der Waals surface area contributed by atoms with Gasteiger partial charge in [-0.15, -0.1) is 0 Å². The van der Waals surface area contributed by atoms with E-state index in [2.05, 4.69) is 11.8 Å². The van der Waals surface area contributed by atoms with Crippen LogP contribution >= 0.6 is 11.8 Å². The number of aliphatic carboxylic acids is 1. The molecule has 4 heteroatoms. The lowest BCUT2D eigenvalue weighted by atomic mass is 9.99. The maximum Gasteiger partial charge on any atom is 0.308 e. The standard InChI is InChI=1S/C11H19NO2S/c1-8-6-12(7-10(8)11(13)14)9-2-4-15-5-3-9/h8-10H,2-7H2,1H3,(H,13,14). The SMILES string of the molecule is CC1CN(C2CCSCC2)CC1C(=O)O. The van der Waals surface area contributed by atoms with Crippen LogP contribution < -0.4 is 0 Å². The molecular weight excluding hydrogens is 210 g/mol. The van der Waals surface area contributed by atoms with Gasteiger partial charge in [0.1, 0.15) is 0 Å². The van der Waals surface area contributed by atoms with E-state index in [4.69, 9.17) is 5.11 Å². The molecule has 2 heterocycles. The molecule has 86 valence electrons.